The van der Waals surface area contributed by atoms with Crippen LogP contribution in [0.2, 0.25) is 0 Å². The van der Waals surface area contributed by atoms with Crippen molar-refractivity contribution in [3.8, 4) is 5.75 Å². The van der Waals surface area contributed by atoms with Gasteiger partial charge in [0.15, 0.2) is 0 Å². The lowest BCUT2D eigenvalue weighted by Gasteiger charge is -2.07. The highest BCUT2D eigenvalue weighted by Gasteiger charge is 2.17. The minimum Gasteiger partial charge on any atom is -0.508 e. The van der Waals surface area contributed by atoms with Crippen LogP contribution in [0.4, 0.5) is 5.69 Å². The van der Waals surface area contributed by atoms with Crippen LogP contribution < -0.4 is 4.72 Å². The Morgan fingerprint density at radius 1 is 1.42 bits per heavy atom. The molecule has 0 unspecified atom stereocenters. The second-order valence-corrected chi connectivity index (χ2v) is 5.88. The summed E-state index contributed by atoms with van der Waals surface area (Å²) in [6.07, 6.45) is 1.56. The predicted octanol–water partition coefficient (Wildman–Crippen LogP) is 1.52. The highest BCUT2D eigenvalue weighted by Crippen LogP contribution is 2.24. The first-order chi connectivity index (χ1) is 8.85. The third kappa shape index (κ3) is 4.84. The molecule has 19 heavy (non-hydrogen) atoms. The van der Waals surface area contributed by atoms with Crippen molar-refractivity contribution < 1.29 is 18.4 Å². The molecule has 1 rings (SSSR count). The standard InChI is InChI=1S/C11H16N2O5S/c1-2-3-6-12-19(17,18)8-9-7-10(13(15)16)4-5-11(9)14/h4-5,7,12,14H,2-3,6,8H2,1H3. The maximum absolute atomic E-state index is 11.7. The summed E-state index contributed by atoms with van der Waals surface area (Å²) in [6.45, 7) is 2.25. The van der Waals surface area contributed by atoms with Gasteiger partial charge in [-0.05, 0) is 12.5 Å². The monoisotopic (exact) mass is 288 g/mol. The van der Waals surface area contributed by atoms with Crippen molar-refractivity contribution in [1.82, 2.24) is 4.72 Å². The molecule has 0 saturated heterocycles. The van der Waals surface area contributed by atoms with Crippen LogP contribution in [0, 0.1) is 10.1 Å². The Kier molecular flexibility index (Phi) is 5.25. The summed E-state index contributed by atoms with van der Waals surface area (Å²) >= 11 is 0. The van der Waals surface area contributed by atoms with E-state index in [9.17, 15) is 23.6 Å². The van der Waals surface area contributed by atoms with Gasteiger partial charge in [0, 0.05) is 24.2 Å². The van der Waals surface area contributed by atoms with Gasteiger partial charge in [-0.3, -0.25) is 10.1 Å². The molecule has 8 heteroatoms. The average molecular weight is 288 g/mol. The molecule has 106 valence electrons. The molecule has 1 aromatic carbocycles. The molecule has 0 heterocycles. The molecule has 0 radical (unpaired) electrons. The number of hydrogen-bond donors (Lipinski definition) is 2. The summed E-state index contributed by atoms with van der Waals surface area (Å²) in [5, 5.41) is 20.1. The molecule has 0 aliphatic rings. The number of aromatic hydroxyl groups is 1. The Morgan fingerprint density at radius 2 is 2.11 bits per heavy atom. The van der Waals surface area contributed by atoms with Crippen LogP contribution in [0.5, 0.6) is 5.75 Å². The second kappa shape index (κ2) is 6.48. The molecule has 0 spiro atoms. The summed E-state index contributed by atoms with van der Waals surface area (Å²) in [6, 6.07) is 3.30. The first kappa shape index (κ1) is 15.4. The lowest BCUT2D eigenvalue weighted by atomic mass is 10.2. The predicted molar refractivity (Wildman–Crippen MR) is 70.3 cm³/mol. The van der Waals surface area contributed by atoms with E-state index >= 15 is 0 Å². The molecular weight excluding hydrogens is 272 g/mol. The zero-order chi connectivity index (χ0) is 14.5. The second-order valence-electron chi connectivity index (χ2n) is 4.08. The molecule has 0 amide bonds. The van der Waals surface area contributed by atoms with E-state index in [0.29, 0.717) is 13.0 Å². The van der Waals surface area contributed by atoms with Crippen LogP contribution in [0.3, 0.4) is 0 Å². The lowest BCUT2D eigenvalue weighted by Crippen LogP contribution is -2.26. The number of phenols is 1. The average Bonchev–Trinajstić information content (AvgIpc) is 2.31. The van der Waals surface area contributed by atoms with Crippen molar-refractivity contribution in [3.63, 3.8) is 0 Å². The smallest absolute Gasteiger partial charge is 0.270 e. The largest absolute Gasteiger partial charge is 0.508 e. The third-order valence-electron chi connectivity index (χ3n) is 2.47. The van der Waals surface area contributed by atoms with Gasteiger partial charge in [0.2, 0.25) is 10.0 Å². The zero-order valence-corrected chi connectivity index (χ0v) is 11.3. The van der Waals surface area contributed by atoms with Gasteiger partial charge in [-0.1, -0.05) is 13.3 Å². The highest BCUT2D eigenvalue weighted by atomic mass is 32.2. The Bertz CT molecular complexity index is 556. The van der Waals surface area contributed by atoms with E-state index in [1.807, 2.05) is 6.92 Å². The van der Waals surface area contributed by atoms with Crippen molar-refractivity contribution in [2.45, 2.75) is 25.5 Å². The van der Waals surface area contributed by atoms with Crippen LogP contribution in [0.15, 0.2) is 18.2 Å². The molecule has 0 aliphatic heterocycles. The number of benzene rings is 1. The van der Waals surface area contributed by atoms with Crippen LogP contribution in [-0.4, -0.2) is 25.0 Å². The van der Waals surface area contributed by atoms with Gasteiger partial charge in [-0.25, -0.2) is 13.1 Å². The van der Waals surface area contributed by atoms with E-state index in [4.69, 9.17) is 0 Å². The molecule has 0 fully saturated rings. The number of non-ortho nitro benzene ring substituents is 1. The van der Waals surface area contributed by atoms with Crippen molar-refractivity contribution >= 4 is 15.7 Å². The zero-order valence-electron chi connectivity index (χ0n) is 10.5. The van der Waals surface area contributed by atoms with Crippen molar-refractivity contribution in [2.24, 2.45) is 0 Å². The quantitative estimate of drug-likeness (QED) is 0.449. The summed E-state index contributed by atoms with van der Waals surface area (Å²) in [4.78, 5) is 9.96. The number of nitrogens with zero attached hydrogens (tertiary/aromatic N) is 1. The Balaban J connectivity index is 2.86. The highest BCUT2D eigenvalue weighted by molar-refractivity contribution is 7.88. The van der Waals surface area contributed by atoms with Gasteiger partial charge < -0.3 is 5.11 Å². The summed E-state index contributed by atoms with van der Waals surface area (Å²) in [7, 11) is -3.60. The molecule has 2 N–H and O–H groups in total. The normalized spacial score (nSPS) is 11.4. The number of rotatable bonds is 7. The summed E-state index contributed by atoms with van der Waals surface area (Å²) in [5.74, 6) is -0.754. The number of nitro benzene ring substituents is 1. The minimum absolute atomic E-state index is 0.0122. The SMILES string of the molecule is CCCCNS(=O)(=O)Cc1cc([N+](=O)[O-])ccc1O. The molecule has 1 aromatic rings. The van der Waals surface area contributed by atoms with Crippen LogP contribution in [0.25, 0.3) is 0 Å². The van der Waals surface area contributed by atoms with Crippen LogP contribution in [-0.2, 0) is 15.8 Å². The van der Waals surface area contributed by atoms with Gasteiger partial charge in [-0.15, -0.1) is 0 Å². The number of unbranched alkanes of at least 4 members (excludes halogenated alkanes) is 1. The fourth-order valence-electron chi connectivity index (χ4n) is 1.46. The topological polar surface area (TPSA) is 110 Å². The number of nitrogens with one attached hydrogen (secondary N) is 1. The van der Waals surface area contributed by atoms with Gasteiger partial charge in [0.1, 0.15) is 5.75 Å². The van der Waals surface area contributed by atoms with Gasteiger partial charge >= 0.3 is 0 Å². The first-order valence-corrected chi connectivity index (χ1v) is 7.44. The van der Waals surface area contributed by atoms with Gasteiger partial charge in [0.25, 0.3) is 5.69 Å². The van der Waals surface area contributed by atoms with E-state index < -0.39 is 20.7 Å². The molecule has 0 atom stereocenters. The van der Waals surface area contributed by atoms with E-state index in [0.717, 1.165) is 24.6 Å². The summed E-state index contributed by atoms with van der Waals surface area (Å²) < 4.78 is 25.8. The Hall–Kier alpha value is -1.67. The fourth-order valence-corrected chi connectivity index (χ4v) is 2.66. The lowest BCUT2D eigenvalue weighted by molar-refractivity contribution is -0.384. The first-order valence-electron chi connectivity index (χ1n) is 5.79. The van der Waals surface area contributed by atoms with Crippen LogP contribution in [0.1, 0.15) is 25.3 Å². The van der Waals surface area contributed by atoms with Crippen molar-refractivity contribution in [1.29, 1.82) is 0 Å². The Labute approximate surface area is 111 Å². The number of phenolic OH excluding ortho intramolecular Hbond substituents is 1. The number of hydrogen-bond acceptors (Lipinski definition) is 5. The van der Waals surface area contributed by atoms with E-state index in [1.54, 1.807) is 0 Å². The molecule has 7 nitrogen and oxygen atoms in total. The summed E-state index contributed by atoms with van der Waals surface area (Å²) in [5.41, 5.74) is -0.241. The minimum atomic E-state index is -3.60. The number of sulfonamides is 1. The third-order valence-corrected chi connectivity index (χ3v) is 3.81. The fraction of sp³-hybridized carbons (Fsp3) is 0.455. The number of nitro groups is 1. The van der Waals surface area contributed by atoms with Crippen LogP contribution >= 0.6 is 0 Å². The van der Waals surface area contributed by atoms with E-state index in [1.165, 1.54) is 0 Å². The maximum atomic E-state index is 11.7. The van der Waals surface area contributed by atoms with E-state index in [2.05, 4.69) is 4.72 Å². The molecule has 0 saturated carbocycles. The molecule has 0 aliphatic carbocycles. The van der Waals surface area contributed by atoms with Crippen molar-refractivity contribution in [3.05, 3.63) is 33.9 Å². The van der Waals surface area contributed by atoms with Crippen molar-refractivity contribution in [2.75, 3.05) is 6.54 Å². The molecule has 0 aromatic heterocycles. The van der Waals surface area contributed by atoms with Gasteiger partial charge in [-0.2, -0.15) is 0 Å². The molecular formula is C11H16N2O5S. The Morgan fingerprint density at radius 3 is 2.68 bits per heavy atom. The van der Waals surface area contributed by atoms with E-state index in [-0.39, 0.29) is 17.0 Å². The van der Waals surface area contributed by atoms with Gasteiger partial charge in [0.05, 0.1) is 10.7 Å². The molecule has 0 bridgehead atoms. The maximum Gasteiger partial charge on any atom is 0.270 e.